The lowest BCUT2D eigenvalue weighted by atomic mass is 10.2. The second-order valence-electron chi connectivity index (χ2n) is 5.26. The average Bonchev–Trinajstić information content (AvgIpc) is 2.35. The summed E-state index contributed by atoms with van der Waals surface area (Å²) in [7, 11) is -3.43. The van der Waals surface area contributed by atoms with Gasteiger partial charge in [0, 0.05) is 24.0 Å². The number of anilines is 1. The molecule has 0 saturated heterocycles. The van der Waals surface area contributed by atoms with Gasteiger partial charge < -0.3 is 5.32 Å². The summed E-state index contributed by atoms with van der Waals surface area (Å²) in [4.78, 5) is 11.7. The number of halogens is 1. The van der Waals surface area contributed by atoms with Crippen LogP contribution in [0.15, 0.2) is 28.7 Å². The van der Waals surface area contributed by atoms with Crippen molar-refractivity contribution in [1.82, 2.24) is 5.32 Å². The van der Waals surface area contributed by atoms with Gasteiger partial charge in [0.05, 0.1) is 11.9 Å². The van der Waals surface area contributed by atoms with Crippen LogP contribution in [0.25, 0.3) is 0 Å². The first-order valence-electron chi connectivity index (χ1n) is 6.70. The number of amides is 1. The molecule has 0 atom stereocenters. The topological polar surface area (TPSA) is 66.5 Å². The Labute approximate surface area is 134 Å². The molecule has 1 aromatic rings. The Bertz CT molecular complexity index is 588. The molecule has 1 rings (SSSR count). The van der Waals surface area contributed by atoms with Crippen LogP contribution in [0.3, 0.4) is 0 Å². The van der Waals surface area contributed by atoms with E-state index in [2.05, 4.69) is 21.2 Å². The maximum absolute atomic E-state index is 11.9. The van der Waals surface area contributed by atoms with Crippen LogP contribution in [-0.2, 0) is 14.8 Å². The minimum atomic E-state index is -3.43. The molecule has 118 valence electrons. The Hall–Kier alpha value is -1.08. The van der Waals surface area contributed by atoms with Gasteiger partial charge in [-0.3, -0.25) is 9.10 Å². The highest BCUT2D eigenvalue weighted by Crippen LogP contribution is 2.22. The number of carbonyl (C=O) groups is 1. The van der Waals surface area contributed by atoms with E-state index in [1.807, 2.05) is 19.9 Å². The molecule has 0 unspecified atom stereocenters. The molecule has 0 saturated carbocycles. The van der Waals surface area contributed by atoms with Gasteiger partial charge in [-0.1, -0.05) is 35.8 Å². The molecule has 0 radical (unpaired) electrons. The van der Waals surface area contributed by atoms with Crippen molar-refractivity contribution >= 4 is 37.5 Å². The molecular weight excluding hydrogens is 356 g/mol. The Morgan fingerprint density at radius 3 is 2.57 bits per heavy atom. The molecule has 7 heteroatoms. The highest BCUT2D eigenvalue weighted by Gasteiger charge is 2.18. The van der Waals surface area contributed by atoms with E-state index in [1.54, 1.807) is 18.2 Å². The van der Waals surface area contributed by atoms with Crippen molar-refractivity contribution in [2.24, 2.45) is 5.92 Å². The maximum Gasteiger partial charge on any atom is 0.232 e. The lowest BCUT2D eigenvalue weighted by Gasteiger charge is -2.22. The van der Waals surface area contributed by atoms with Gasteiger partial charge >= 0.3 is 0 Å². The average molecular weight is 377 g/mol. The Morgan fingerprint density at radius 2 is 2.05 bits per heavy atom. The molecule has 5 nitrogen and oxygen atoms in total. The fourth-order valence-corrected chi connectivity index (χ4v) is 3.03. The van der Waals surface area contributed by atoms with E-state index in [-0.39, 0.29) is 18.9 Å². The van der Waals surface area contributed by atoms with E-state index in [0.29, 0.717) is 18.2 Å². The van der Waals surface area contributed by atoms with Crippen LogP contribution < -0.4 is 9.62 Å². The number of benzene rings is 1. The van der Waals surface area contributed by atoms with Gasteiger partial charge in [-0.25, -0.2) is 8.42 Å². The van der Waals surface area contributed by atoms with Gasteiger partial charge in [-0.05, 0) is 24.1 Å². The zero-order valence-electron chi connectivity index (χ0n) is 12.5. The van der Waals surface area contributed by atoms with Crippen LogP contribution in [0.2, 0.25) is 0 Å². The minimum Gasteiger partial charge on any atom is -0.356 e. The number of hydrogen-bond acceptors (Lipinski definition) is 3. The molecule has 0 aliphatic rings. The molecule has 21 heavy (non-hydrogen) atoms. The summed E-state index contributed by atoms with van der Waals surface area (Å²) in [5, 5.41) is 2.78. The minimum absolute atomic E-state index is 0.124. The van der Waals surface area contributed by atoms with Gasteiger partial charge in [0.25, 0.3) is 0 Å². The monoisotopic (exact) mass is 376 g/mol. The van der Waals surface area contributed by atoms with Gasteiger partial charge in [-0.15, -0.1) is 0 Å². The Kier molecular flexibility index (Phi) is 6.67. The zero-order valence-corrected chi connectivity index (χ0v) is 14.9. The Morgan fingerprint density at radius 1 is 1.38 bits per heavy atom. The predicted molar refractivity (Wildman–Crippen MR) is 88.8 cm³/mol. The summed E-state index contributed by atoms with van der Waals surface area (Å²) < 4.78 is 25.8. The summed E-state index contributed by atoms with van der Waals surface area (Å²) >= 11 is 3.32. The van der Waals surface area contributed by atoms with Crippen molar-refractivity contribution in [3.63, 3.8) is 0 Å². The molecular formula is C14H21BrN2O3S. The summed E-state index contributed by atoms with van der Waals surface area (Å²) in [6.07, 6.45) is 1.27. The maximum atomic E-state index is 11.9. The van der Waals surface area contributed by atoms with E-state index in [0.717, 1.165) is 10.7 Å². The van der Waals surface area contributed by atoms with Crippen LogP contribution >= 0.6 is 15.9 Å². The predicted octanol–water partition coefficient (Wildman–Crippen LogP) is 2.38. The molecule has 0 spiro atoms. The van der Waals surface area contributed by atoms with Crippen LogP contribution in [0.5, 0.6) is 0 Å². The Balaban J connectivity index is 2.75. The number of nitrogens with one attached hydrogen (secondary N) is 1. The van der Waals surface area contributed by atoms with Gasteiger partial charge in [0.15, 0.2) is 0 Å². The number of carbonyl (C=O) groups excluding carboxylic acids is 1. The number of sulfonamides is 1. The smallest absolute Gasteiger partial charge is 0.232 e. The molecule has 0 fully saturated rings. The van der Waals surface area contributed by atoms with Crippen molar-refractivity contribution in [3.05, 3.63) is 28.7 Å². The fourth-order valence-electron chi connectivity index (χ4n) is 1.73. The van der Waals surface area contributed by atoms with E-state index < -0.39 is 10.0 Å². The third-order valence-electron chi connectivity index (χ3n) is 2.75. The zero-order chi connectivity index (χ0) is 16.0. The van der Waals surface area contributed by atoms with Crippen LogP contribution in [0.4, 0.5) is 5.69 Å². The molecule has 1 N–H and O–H groups in total. The van der Waals surface area contributed by atoms with Gasteiger partial charge in [0.1, 0.15) is 0 Å². The fraction of sp³-hybridized carbons (Fsp3) is 0.500. The van der Waals surface area contributed by atoms with E-state index in [1.165, 1.54) is 4.31 Å². The third kappa shape index (κ3) is 6.48. The normalized spacial score (nSPS) is 11.5. The third-order valence-corrected chi connectivity index (χ3v) is 4.43. The molecule has 0 aliphatic carbocycles. The number of rotatable bonds is 7. The standard InChI is InChI=1S/C14H21BrN2O3S/c1-11(2)10-16-14(18)7-8-17(21(3,19)20)13-6-4-5-12(15)9-13/h4-6,9,11H,7-8,10H2,1-3H3,(H,16,18). The lowest BCUT2D eigenvalue weighted by Crippen LogP contribution is -2.35. The summed E-state index contributed by atoms with van der Waals surface area (Å²) in [5.74, 6) is 0.220. The molecule has 0 aromatic heterocycles. The summed E-state index contributed by atoms with van der Waals surface area (Å²) in [6, 6.07) is 7.00. The van der Waals surface area contributed by atoms with Gasteiger partial charge in [-0.2, -0.15) is 0 Å². The summed E-state index contributed by atoms with van der Waals surface area (Å²) in [6.45, 7) is 4.73. The largest absolute Gasteiger partial charge is 0.356 e. The molecule has 0 aliphatic heterocycles. The van der Waals surface area contributed by atoms with Gasteiger partial charge in [0.2, 0.25) is 15.9 Å². The second-order valence-corrected chi connectivity index (χ2v) is 8.09. The van der Waals surface area contributed by atoms with Crippen molar-refractivity contribution < 1.29 is 13.2 Å². The van der Waals surface area contributed by atoms with E-state index in [9.17, 15) is 13.2 Å². The highest BCUT2D eigenvalue weighted by atomic mass is 79.9. The van der Waals surface area contributed by atoms with Crippen molar-refractivity contribution in [2.75, 3.05) is 23.7 Å². The lowest BCUT2D eigenvalue weighted by molar-refractivity contribution is -0.121. The first kappa shape index (κ1) is 18.0. The molecule has 1 aromatic carbocycles. The molecule has 0 heterocycles. The quantitative estimate of drug-likeness (QED) is 0.794. The van der Waals surface area contributed by atoms with Crippen molar-refractivity contribution in [2.45, 2.75) is 20.3 Å². The highest BCUT2D eigenvalue weighted by molar-refractivity contribution is 9.10. The number of hydrogen-bond donors (Lipinski definition) is 1. The van der Waals surface area contributed by atoms with Crippen LogP contribution in [0.1, 0.15) is 20.3 Å². The SMILES string of the molecule is CC(C)CNC(=O)CCN(c1cccc(Br)c1)S(C)(=O)=O. The summed E-state index contributed by atoms with van der Waals surface area (Å²) in [5.41, 5.74) is 0.545. The van der Waals surface area contributed by atoms with Crippen molar-refractivity contribution in [3.8, 4) is 0 Å². The molecule has 0 bridgehead atoms. The van der Waals surface area contributed by atoms with Crippen LogP contribution in [-0.4, -0.2) is 33.7 Å². The van der Waals surface area contributed by atoms with Crippen LogP contribution in [0, 0.1) is 5.92 Å². The first-order chi connectivity index (χ1) is 9.70. The van der Waals surface area contributed by atoms with Crippen molar-refractivity contribution in [1.29, 1.82) is 0 Å². The van der Waals surface area contributed by atoms with E-state index >= 15 is 0 Å². The number of nitrogens with zero attached hydrogens (tertiary/aromatic N) is 1. The first-order valence-corrected chi connectivity index (χ1v) is 9.34. The van der Waals surface area contributed by atoms with E-state index in [4.69, 9.17) is 0 Å². The second kappa shape index (κ2) is 7.79. The molecule has 1 amide bonds.